The monoisotopic (exact) mass is 293 g/mol. The fraction of sp³-hybridized carbons (Fsp3) is 0.0909. The molecule has 10 nitrogen and oxygen atoms in total. The molecule has 2 amide bonds. The molecule has 108 valence electrons. The maximum Gasteiger partial charge on any atom is 0.388 e. The first-order valence-corrected chi connectivity index (χ1v) is 5.48. The number of amides is 2. The predicted molar refractivity (Wildman–Crippen MR) is 67.1 cm³/mol. The standard InChI is InChI=1S/C11H7N3O7/c1-2-3-4-5-6(11(17)12-10(5)16)7(13(18)19)8(9(4)15)14(20)21/h2,15H,1,3H2,(H,12,16,17). The van der Waals surface area contributed by atoms with Crippen LogP contribution in [0.15, 0.2) is 12.7 Å². The Balaban J connectivity index is 3.04. The van der Waals surface area contributed by atoms with Gasteiger partial charge in [-0.2, -0.15) is 0 Å². The summed E-state index contributed by atoms with van der Waals surface area (Å²) in [6.07, 6.45) is 1.06. The maximum absolute atomic E-state index is 11.7. The number of allylic oxidation sites excluding steroid dienone is 1. The number of benzene rings is 1. The summed E-state index contributed by atoms with van der Waals surface area (Å²) < 4.78 is 0. The highest BCUT2D eigenvalue weighted by Crippen LogP contribution is 2.45. The van der Waals surface area contributed by atoms with E-state index in [0.29, 0.717) is 0 Å². The molecule has 0 spiro atoms. The van der Waals surface area contributed by atoms with E-state index in [2.05, 4.69) is 6.58 Å². The highest BCUT2D eigenvalue weighted by molar-refractivity contribution is 6.25. The van der Waals surface area contributed by atoms with Crippen molar-refractivity contribution in [3.63, 3.8) is 0 Å². The van der Waals surface area contributed by atoms with Gasteiger partial charge in [0.2, 0.25) is 5.75 Å². The minimum atomic E-state index is -1.22. The smallest absolute Gasteiger partial charge is 0.388 e. The van der Waals surface area contributed by atoms with Crippen LogP contribution < -0.4 is 5.32 Å². The largest absolute Gasteiger partial charge is 0.502 e. The van der Waals surface area contributed by atoms with Crippen molar-refractivity contribution in [2.45, 2.75) is 6.42 Å². The average molecular weight is 293 g/mol. The van der Waals surface area contributed by atoms with Crippen molar-refractivity contribution >= 4 is 23.2 Å². The number of phenols is 1. The molecule has 0 saturated carbocycles. The zero-order valence-corrected chi connectivity index (χ0v) is 10.3. The van der Waals surface area contributed by atoms with Gasteiger partial charge in [0.15, 0.2) is 0 Å². The molecular formula is C11H7N3O7. The lowest BCUT2D eigenvalue weighted by atomic mass is 9.96. The van der Waals surface area contributed by atoms with Crippen LogP contribution in [0.5, 0.6) is 5.75 Å². The summed E-state index contributed by atoms with van der Waals surface area (Å²) in [6, 6.07) is 0. The number of hydrogen-bond acceptors (Lipinski definition) is 7. The van der Waals surface area contributed by atoms with Gasteiger partial charge in [0.1, 0.15) is 5.56 Å². The van der Waals surface area contributed by atoms with E-state index in [-0.39, 0.29) is 12.0 Å². The summed E-state index contributed by atoms with van der Waals surface area (Å²) >= 11 is 0. The molecule has 0 saturated heterocycles. The quantitative estimate of drug-likeness (QED) is 0.360. The number of fused-ring (bicyclic) bond motifs is 1. The molecule has 0 fully saturated rings. The van der Waals surface area contributed by atoms with Crippen LogP contribution in [-0.4, -0.2) is 26.8 Å². The molecule has 10 heteroatoms. The summed E-state index contributed by atoms with van der Waals surface area (Å²) in [7, 11) is 0. The van der Waals surface area contributed by atoms with Gasteiger partial charge >= 0.3 is 11.4 Å². The van der Waals surface area contributed by atoms with Gasteiger partial charge in [0.05, 0.1) is 15.4 Å². The Morgan fingerprint density at radius 3 is 2.10 bits per heavy atom. The van der Waals surface area contributed by atoms with Gasteiger partial charge in [-0.3, -0.25) is 35.1 Å². The van der Waals surface area contributed by atoms with Crippen LogP contribution in [0, 0.1) is 20.2 Å². The van der Waals surface area contributed by atoms with Crippen molar-refractivity contribution in [3.8, 4) is 5.75 Å². The number of nitro groups is 2. The first-order chi connectivity index (χ1) is 9.81. The lowest BCUT2D eigenvalue weighted by Gasteiger charge is -2.08. The number of rotatable bonds is 4. The fourth-order valence-electron chi connectivity index (χ4n) is 2.15. The minimum absolute atomic E-state index is 0.173. The number of phenolic OH excluding ortho intramolecular Hbond substituents is 1. The number of nitrogens with one attached hydrogen (secondary N) is 1. The normalized spacial score (nSPS) is 12.8. The van der Waals surface area contributed by atoms with Gasteiger partial charge < -0.3 is 5.11 Å². The van der Waals surface area contributed by atoms with Crippen molar-refractivity contribution in [2.75, 3.05) is 0 Å². The molecule has 1 aromatic carbocycles. The average Bonchev–Trinajstić information content (AvgIpc) is 2.66. The SMILES string of the molecule is C=CCc1c(O)c([N+](=O)[O-])c([N+](=O)[O-])c2c1C(=O)NC2=O. The number of nitro benzene ring substituents is 2. The first kappa shape index (κ1) is 14.1. The number of aromatic hydroxyl groups is 1. The molecule has 1 aliphatic rings. The van der Waals surface area contributed by atoms with Gasteiger partial charge in [-0.1, -0.05) is 6.08 Å². The van der Waals surface area contributed by atoms with Crippen molar-refractivity contribution in [1.29, 1.82) is 0 Å². The Morgan fingerprint density at radius 1 is 1.10 bits per heavy atom. The van der Waals surface area contributed by atoms with Crippen molar-refractivity contribution in [1.82, 2.24) is 5.32 Å². The van der Waals surface area contributed by atoms with Crippen molar-refractivity contribution in [2.24, 2.45) is 0 Å². The number of nitrogens with zero attached hydrogens (tertiary/aromatic N) is 2. The van der Waals surface area contributed by atoms with E-state index in [1.165, 1.54) is 6.08 Å². The minimum Gasteiger partial charge on any atom is -0.502 e. The van der Waals surface area contributed by atoms with E-state index >= 15 is 0 Å². The highest BCUT2D eigenvalue weighted by atomic mass is 16.6. The number of hydrogen-bond donors (Lipinski definition) is 2. The van der Waals surface area contributed by atoms with E-state index in [1.54, 1.807) is 0 Å². The zero-order valence-electron chi connectivity index (χ0n) is 10.3. The fourth-order valence-corrected chi connectivity index (χ4v) is 2.15. The molecule has 1 aliphatic heterocycles. The lowest BCUT2D eigenvalue weighted by Crippen LogP contribution is -2.20. The number of carbonyl (C=O) groups is 2. The van der Waals surface area contributed by atoms with Crippen LogP contribution in [0.25, 0.3) is 0 Å². The second-order valence-corrected chi connectivity index (χ2v) is 4.06. The second-order valence-electron chi connectivity index (χ2n) is 4.06. The Hall–Kier alpha value is -3.30. The van der Waals surface area contributed by atoms with Crippen LogP contribution in [0.4, 0.5) is 11.4 Å². The Kier molecular flexibility index (Phi) is 3.14. The van der Waals surface area contributed by atoms with Gasteiger partial charge in [-0.15, -0.1) is 6.58 Å². The maximum atomic E-state index is 11.7. The molecule has 1 aromatic rings. The lowest BCUT2D eigenvalue weighted by molar-refractivity contribution is -0.423. The van der Waals surface area contributed by atoms with E-state index in [9.17, 15) is 34.9 Å². The molecular weight excluding hydrogens is 286 g/mol. The van der Waals surface area contributed by atoms with Crippen LogP contribution in [0.3, 0.4) is 0 Å². The molecule has 2 rings (SSSR count). The van der Waals surface area contributed by atoms with Gasteiger partial charge in [-0.25, -0.2) is 0 Å². The summed E-state index contributed by atoms with van der Waals surface area (Å²) in [4.78, 5) is 43.1. The molecule has 0 aromatic heterocycles. The molecule has 0 aliphatic carbocycles. The third-order valence-corrected chi connectivity index (χ3v) is 2.92. The summed E-state index contributed by atoms with van der Waals surface area (Å²) in [5.74, 6) is -3.09. The van der Waals surface area contributed by atoms with Crippen LogP contribution >= 0.6 is 0 Å². The van der Waals surface area contributed by atoms with E-state index in [4.69, 9.17) is 0 Å². The second kappa shape index (κ2) is 4.67. The molecule has 0 unspecified atom stereocenters. The number of imide groups is 1. The topological polar surface area (TPSA) is 153 Å². The molecule has 0 radical (unpaired) electrons. The van der Waals surface area contributed by atoms with E-state index in [0.717, 1.165) is 0 Å². The van der Waals surface area contributed by atoms with Crippen LogP contribution in [-0.2, 0) is 6.42 Å². The Bertz CT molecular complexity index is 738. The van der Waals surface area contributed by atoms with Crippen LogP contribution in [0.1, 0.15) is 26.3 Å². The Morgan fingerprint density at radius 2 is 1.62 bits per heavy atom. The first-order valence-electron chi connectivity index (χ1n) is 5.48. The molecule has 2 N–H and O–H groups in total. The third kappa shape index (κ3) is 1.89. The molecule has 21 heavy (non-hydrogen) atoms. The molecule has 1 heterocycles. The van der Waals surface area contributed by atoms with Gasteiger partial charge in [0, 0.05) is 5.56 Å². The van der Waals surface area contributed by atoms with Crippen molar-refractivity contribution < 1.29 is 24.5 Å². The van der Waals surface area contributed by atoms with E-state index < -0.39 is 49.9 Å². The van der Waals surface area contributed by atoms with Gasteiger partial charge in [0.25, 0.3) is 11.8 Å². The van der Waals surface area contributed by atoms with Crippen LogP contribution in [0.2, 0.25) is 0 Å². The van der Waals surface area contributed by atoms with Crippen molar-refractivity contribution in [3.05, 3.63) is 49.6 Å². The van der Waals surface area contributed by atoms with E-state index in [1.807, 2.05) is 5.32 Å². The summed E-state index contributed by atoms with van der Waals surface area (Å²) in [5.41, 5.74) is -3.83. The number of carbonyl (C=O) groups excluding carboxylic acids is 2. The highest BCUT2D eigenvalue weighted by Gasteiger charge is 2.46. The summed E-state index contributed by atoms with van der Waals surface area (Å²) in [6.45, 7) is 3.37. The molecule has 0 atom stereocenters. The van der Waals surface area contributed by atoms with Gasteiger partial charge in [-0.05, 0) is 6.42 Å². The molecule has 0 bridgehead atoms. The summed E-state index contributed by atoms with van der Waals surface area (Å²) in [5, 5.41) is 33.8. The Labute approximate surface area is 116 Å². The third-order valence-electron chi connectivity index (χ3n) is 2.92. The zero-order chi connectivity index (χ0) is 15.9. The predicted octanol–water partition coefficient (Wildman–Crippen LogP) is 0.821.